The lowest BCUT2D eigenvalue weighted by molar-refractivity contribution is 0.333. The molecule has 3 nitrogen and oxygen atoms in total. The normalized spacial score (nSPS) is 11.6. The number of hydrogen-bond donors (Lipinski definition) is 0. The molecule has 0 unspecified atom stereocenters. The summed E-state index contributed by atoms with van der Waals surface area (Å²) in [5.41, 5.74) is 5.87. The highest BCUT2D eigenvalue weighted by Crippen LogP contribution is 2.22. The fourth-order valence-electron chi connectivity index (χ4n) is 2.93. The maximum Gasteiger partial charge on any atom is 0.0797 e. The number of rotatable bonds is 6. The summed E-state index contributed by atoms with van der Waals surface area (Å²) in [6, 6.07) is 8.88. The summed E-state index contributed by atoms with van der Waals surface area (Å²) >= 11 is 1.77. The van der Waals surface area contributed by atoms with Crippen molar-refractivity contribution < 1.29 is 0 Å². The van der Waals surface area contributed by atoms with Gasteiger partial charge >= 0.3 is 0 Å². The van der Waals surface area contributed by atoms with Gasteiger partial charge in [-0.15, -0.1) is 11.3 Å². The van der Waals surface area contributed by atoms with Gasteiger partial charge in [0.05, 0.1) is 11.2 Å². The van der Waals surface area contributed by atoms with E-state index >= 15 is 0 Å². The molecule has 1 aromatic carbocycles. The van der Waals surface area contributed by atoms with Gasteiger partial charge in [0.15, 0.2) is 0 Å². The van der Waals surface area contributed by atoms with Gasteiger partial charge in [0.25, 0.3) is 0 Å². The molecule has 0 atom stereocenters. The molecule has 2 aromatic heterocycles. The fraction of sp³-hybridized carbons (Fsp3) is 0.389. The molecular formula is C18H23N3S. The van der Waals surface area contributed by atoms with Crippen molar-refractivity contribution >= 4 is 22.2 Å². The molecule has 0 aliphatic heterocycles. The first kappa shape index (κ1) is 15.3. The molecule has 0 N–H and O–H groups in total. The van der Waals surface area contributed by atoms with Crippen LogP contribution in [0.3, 0.4) is 0 Å². The molecule has 0 aliphatic carbocycles. The molecule has 2 heterocycles. The first-order valence-corrected chi connectivity index (χ1v) is 8.71. The second-order valence-corrected chi connectivity index (χ2v) is 6.74. The average molecular weight is 313 g/mol. The first-order chi connectivity index (χ1) is 10.7. The van der Waals surface area contributed by atoms with Gasteiger partial charge in [0, 0.05) is 41.6 Å². The highest BCUT2D eigenvalue weighted by Gasteiger charge is 2.08. The number of aromatic nitrogens is 2. The van der Waals surface area contributed by atoms with Crippen LogP contribution < -0.4 is 0 Å². The van der Waals surface area contributed by atoms with Crippen molar-refractivity contribution in [1.29, 1.82) is 0 Å². The second kappa shape index (κ2) is 6.63. The van der Waals surface area contributed by atoms with Crippen molar-refractivity contribution in [3.05, 3.63) is 52.1 Å². The average Bonchev–Trinajstić information content (AvgIpc) is 3.11. The van der Waals surface area contributed by atoms with Crippen molar-refractivity contribution in [2.45, 2.75) is 33.4 Å². The predicted octanol–water partition coefficient (Wildman–Crippen LogP) is 4.10. The van der Waals surface area contributed by atoms with Crippen molar-refractivity contribution in [1.82, 2.24) is 14.5 Å². The molecule has 0 radical (unpaired) electrons. The molecule has 3 aromatic rings. The standard InChI is InChI=1S/C18H23N3S/c1-4-21-11-8-16-15(6-5-7-17(16)21)12-20(3)10-9-18-14(2)19-13-22-18/h5-8,11,13H,4,9-10,12H2,1-3H3. The van der Waals surface area contributed by atoms with Crippen LogP contribution in [0.25, 0.3) is 10.9 Å². The zero-order chi connectivity index (χ0) is 15.5. The maximum atomic E-state index is 4.33. The Morgan fingerprint density at radius 1 is 1.27 bits per heavy atom. The number of thiazole rings is 1. The molecule has 4 heteroatoms. The summed E-state index contributed by atoms with van der Waals surface area (Å²) < 4.78 is 2.31. The Morgan fingerprint density at radius 2 is 2.14 bits per heavy atom. The summed E-state index contributed by atoms with van der Waals surface area (Å²) in [5.74, 6) is 0. The van der Waals surface area contributed by atoms with E-state index in [1.165, 1.54) is 27.0 Å². The van der Waals surface area contributed by atoms with E-state index in [0.717, 1.165) is 26.1 Å². The predicted molar refractivity (Wildman–Crippen MR) is 94.5 cm³/mol. The maximum absolute atomic E-state index is 4.33. The largest absolute Gasteiger partial charge is 0.348 e. The first-order valence-electron chi connectivity index (χ1n) is 7.83. The van der Waals surface area contributed by atoms with Crippen LogP contribution in [0.15, 0.2) is 36.0 Å². The third-order valence-corrected chi connectivity index (χ3v) is 5.25. The van der Waals surface area contributed by atoms with Crippen LogP contribution >= 0.6 is 11.3 Å². The minimum absolute atomic E-state index is 0.989. The van der Waals surface area contributed by atoms with E-state index in [0.29, 0.717) is 0 Å². The fourth-order valence-corrected chi connectivity index (χ4v) is 3.70. The van der Waals surface area contributed by atoms with Gasteiger partial charge in [-0.2, -0.15) is 0 Å². The second-order valence-electron chi connectivity index (χ2n) is 5.80. The van der Waals surface area contributed by atoms with E-state index in [4.69, 9.17) is 0 Å². The molecule has 0 aliphatic rings. The van der Waals surface area contributed by atoms with Gasteiger partial charge in [-0.05, 0) is 45.0 Å². The zero-order valence-electron chi connectivity index (χ0n) is 13.5. The summed E-state index contributed by atoms with van der Waals surface area (Å²) in [6.07, 6.45) is 3.27. The quantitative estimate of drug-likeness (QED) is 0.683. The van der Waals surface area contributed by atoms with Gasteiger partial charge in [-0.25, -0.2) is 4.98 Å². The summed E-state index contributed by atoms with van der Waals surface area (Å²) in [4.78, 5) is 8.13. The van der Waals surface area contributed by atoms with Crippen LogP contribution in [-0.2, 0) is 19.5 Å². The van der Waals surface area contributed by atoms with Gasteiger partial charge in [-0.1, -0.05) is 12.1 Å². The highest BCUT2D eigenvalue weighted by atomic mass is 32.1. The van der Waals surface area contributed by atoms with Gasteiger partial charge in [0.2, 0.25) is 0 Å². The van der Waals surface area contributed by atoms with E-state index < -0.39 is 0 Å². The summed E-state index contributed by atoms with van der Waals surface area (Å²) in [5, 5.41) is 1.38. The number of aryl methyl sites for hydroxylation is 2. The number of fused-ring (bicyclic) bond motifs is 1. The van der Waals surface area contributed by atoms with Gasteiger partial charge < -0.3 is 9.47 Å². The minimum atomic E-state index is 0.989. The molecule has 0 saturated carbocycles. The van der Waals surface area contributed by atoms with E-state index in [-0.39, 0.29) is 0 Å². The summed E-state index contributed by atoms with van der Waals surface area (Å²) in [6.45, 7) is 7.36. The Hall–Kier alpha value is -1.65. The molecule has 3 rings (SSSR count). The Kier molecular flexibility index (Phi) is 4.60. The van der Waals surface area contributed by atoms with Crippen LogP contribution in [0.4, 0.5) is 0 Å². The van der Waals surface area contributed by atoms with Gasteiger partial charge in [-0.3, -0.25) is 0 Å². The Balaban J connectivity index is 1.70. The zero-order valence-corrected chi connectivity index (χ0v) is 14.4. The van der Waals surface area contributed by atoms with Crippen molar-refractivity contribution in [3.8, 4) is 0 Å². The SMILES string of the molecule is CCn1ccc2c(CN(C)CCc3scnc3C)cccc21. The van der Waals surface area contributed by atoms with Crippen LogP contribution in [0, 0.1) is 6.92 Å². The van der Waals surface area contributed by atoms with Crippen molar-refractivity contribution in [2.24, 2.45) is 0 Å². The molecule has 116 valence electrons. The van der Waals surface area contributed by atoms with E-state index in [9.17, 15) is 0 Å². The molecule has 0 amide bonds. The highest BCUT2D eigenvalue weighted by molar-refractivity contribution is 7.09. The van der Waals surface area contributed by atoms with Crippen LogP contribution in [0.1, 0.15) is 23.1 Å². The molecule has 22 heavy (non-hydrogen) atoms. The minimum Gasteiger partial charge on any atom is -0.348 e. The lowest BCUT2D eigenvalue weighted by atomic mass is 10.1. The molecule has 0 saturated heterocycles. The molecule has 0 spiro atoms. The molecular weight excluding hydrogens is 290 g/mol. The van der Waals surface area contributed by atoms with Crippen LogP contribution in [0.2, 0.25) is 0 Å². The Bertz CT molecular complexity index is 757. The topological polar surface area (TPSA) is 21.1 Å². The van der Waals surface area contributed by atoms with Crippen LogP contribution in [-0.4, -0.2) is 28.0 Å². The molecule has 0 fully saturated rings. The Labute approximate surface area is 136 Å². The van der Waals surface area contributed by atoms with Crippen molar-refractivity contribution in [2.75, 3.05) is 13.6 Å². The van der Waals surface area contributed by atoms with E-state index in [1.807, 2.05) is 5.51 Å². The summed E-state index contributed by atoms with van der Waals surface area (Å²) in [7, 11) is 2.20. The number of likely N-dealkylation sites (N-methyl/N-ethyl adjacent to an activating group) is 1. The van der Waals surface area contributed by atoms with Crippen molar-refractivity contribution in [3.63, 3.8) is 0 Å². The lowest BCUT2D eigenvalue weighted by Crippen LogP contribution is -2.20. The van der Waals surface area contributed by atoms with E-state index in [2.05, 4.69) is 65.8 Å². The number of hydrogen-bond acceptors (Lipinski definition) is 3. The third-order valence-electron chi connectivity index (χ3n) is 4.25. The monoisotopic (exact) mass is 313 g/mol. The van der Waals surface area contributed by atoms with Crippen LogP contribution in [0.5, 0.6) is 0 Å². The third kappa shape index (κ3) is 3.08. The molecule has 0 bridgehead atoms. The smallest absolute Gasteiger partial charge is 0.0797 e. The number of nitrogens with zero attached hydrogens (tertiary/aromatic N) is 3. The van der Waals surface area contributed by atoms with E-state index in [1.54, 1.807) is 11.3 Å². The van der Waals surface area contributed by atoms with Gasteiger partial charge in [0.1, 0.15) is 0 Å². The lowest BCUT2D eigenvalue weighted by Gasteiger charge is -2.17. The number of benzene rings is 1. The Morgan fingerprint density at radius 3 is 2.86 bits per heavy atom.